The fourth-order valence-corrected chi connectivity index (χ4v) is 5.46. The van der Waals surface area contributed by atoms with Crippen LogP contribution in [0.4, 0.5) is 14.5 Å². The standard InChI is InChI=1S/C21H23F2N3O4/c1-9-5-21(24)8-25(7-12(9)21)17-14(23)3-10-16(19(17)30-2)26(15-4-13(15)22)6-11(18(10)27)20(28)29/h3,6,9,12-13,15H,4-5,7-8,24H2,1-2H3,(H,28,29)/t9-,12-,13+,15-,21+/m1/s1. The number of carboxylic acids is 1. The first-order valence-electron chi connectivity index (χ1n) is 10.0. The highest BCUT2D eigenvalue weighted by Crippen LogP contribution is 2.51. The van der Waals surface area contributed by atoms with E-state index in [1.165, 1.54) is 11.7 Å². The van der Waals surface area contributed by atoms with Crippen molar-refractivity contribution in [2.45, 2.75) is 37.5 Å². The van der Waals surface area contributed by atoms with Crippen LogP contribution in [-0.2, 0) is 0 Å². The maximum Gasteiger partial charge on any atom is 0.341 e. The number of halogens is 2. The molecule has 0 amide bonds. The number of rotatable bonds is 4. The molecule has 7 nitrogen and oxygen atoms in total. The number of hydrogen-bond donors (Lipinski definition) is 2. The number of benzene rings is 1. The van der Waals surface area contributed by atoms with Gasteiger partial charge in [-0.05, 0) is 24.3 Å². The molecule has 2 aliphatic carbocycles. The van der Waals surface area contributed by atoms with E-state index >= 15 is 4.39 Å². The first kappa shape index (κ1) is 19.3. The summed E-state index contributed by atoms with van der Waals surface area (Å²) >= 11 is 0. The second kappa shape index (κ2) is 6.16. The van der Waals surface area contributed by atoms with Gasteiger partial charge in [0.25, 0.3) is 0 Å². The van der Waals surface area contributed by atoms with Crippen molar-refractivity contribution in [1.82, 2.24) is 4.57 Å². The van der Waals surface area contributed by atoms with Gasteiger partial charge in [-0.3, -0.25) is 4.79 Å². The second-order valence-corrected chi connectivity index (χ2v) is 8.94. The third-order valence-corrected chi connectivity index (χ3v) is 7.02. The first-order chi connectivity index (χ1) is 14.2. The molecule has 0 radical (unpaired) electrons. The molecule has 2 heterocycles. The second-order valence-electron chi connectivity index (χ2n) is 8.94. The van der Waals surface area contributed by atoms with E-state index < -0.39 is 35.0 Å². The number of hydrogen-bond acceptors (Lipinski definition) is 5. The molecule has 5 atom stereocenters. The fourth-order valence-electron chi connectivity index (χ4n) is 5.46. The van der Waals surface area contributed by atoms with Crippen LogP contribution in [0, 0.1) is 17.7 Å². The zero-order valence-electron chi connectivity index (χ0n) is 16.7. The molecule has 2 aromatic rings. The fraction of sp³-hybridized carbons (Fsp3) is 0.524. The normalized spacial score (nSPS) is 32.1. The molecule has 1 aliphatic heterocycles. The number of methoxy groups -OCH3 is 1. The quantitative estimate of drug-likeness (QED) is 0.789. The summed E-state index contributed by atoms with van der Waals surface area (Å²) in [6, 6.07) is 0.426. The lowest BCUT2D eigenvalue weighted by Crippen LogP contribution is -2.59. The molecule has 0 bridgehead atoms. The largest absolute Gasteiger partial charge is 0.492 e. The van der Waals surface area contributed by atoms with Gasteiger partial charge in [0.1, 0.15) is 17.4 Å². The Balaban J connectivity index is 1.76. The molecular weight excluding hydrogens is 396 g/mol. The number of carboxylic acid groups (broad SMARTS) is 1. The number of alkyl halides is 1. The van der Waals surface area contributed by atoms with Crippen LogP contribution in [0.2, 0.25) is 0 Å². The van der Waals surface area contributed by atoms with E-state index in [1.807, 2.05) is 4.90 Å². The summed E-state index contributed by atoms with van der Waals surface area (Å²) < 4.78 is 36.3. The van der Waals surface area contributed by atoms with E-state index in [4.69, 9.17) is 10.5 Å². The van der Waals surface area contributed by atoms with E-state index in [0.29, 0.717) is 19.0 Å². The minimum absolute atomic E-state index is 0.107. The maximum absolute atomic E-state index is 15.3. The van der Waals surface area contributed by atoms with E-state index in [-0.39, 0.29) is 40.2 Å². The van der Waals surface area contributed by atoms with Crippen molar-refractivity contribution < 1.29 is 23.4 Å². The molecule has 0 unspecified atom stereocenters. The minimum atomic E-state index is -1.44. The van der Waals surface area contributed by atoms with Gasteiger partial charge in [-0.1, -0.05) is 6.92 Å². The van der Waals surface area contributed by atoms with E-state index in [1.54, 1.807) is 0 Å². The third-order valence-electron chi connectivity index (χ3n) is 7.02. The lowest BCUT2D eigenvalue weighted by molar-refractivity contribution is 0.0694. The average Bonchev–Trinajstić information content (AvgIpc) is 3.33. The molecule has 160 valence electrons. The molecule has 1 aromatic heterocycles. The Morgan fingerprint density at radius 2 is 2.13 bits per heavy atom. The van der Waals surface area contributed by atoms with Gasteiger partial charge in [-0.15, -0.1) is 0 Å². The van der Waals surface area contributed by atoms with Crippen LogP contribution >= 0.6 is 0 Å². The summed E-state index contributed by atoms with van der Waals surface area (Å²) in [4.78, 5) is 26.1. The van der Waals surface area contributed by atoms with Crippen LogP contribution in [0.5, 0.6) is 5.75 Å². The van der Waals surface area contributed by atoms with E-state index in [9.17, 15) is 19.1 Å². The van der Waals surface area contributed by atoms with Gasteiger partial charge in [0.15, 0.2) is 11.6 Å². The van der Waals surface area contributed by atoms with Gasteiger partial charge < -0.3 is 25.0 Å². The number of nitrogens with two attached hydrogens (primary N) is 1. The molecule has 3 fully saturated rings. The summed E-state index contributed by atoms with van der Waals surface area (Å²) in [5, 5.41) is 9.27. The zero-order chi connectivity index (χ0) is 21.5. The molecule has 3 N–H and O–H groups in total. The Kier molecular flexibility index (Phi) is 3.96. The number of pyridine rings is 1. The predicted molar refractivity (Wildman–Crippen MR) is 107 cm³/mol. The number of fused-ring (bicyclic) bond motifs is 2. The highest BCUT2D eigenvalue weighted by Gasteiger charge is 2.55. The van der Waals surface area contributed by atoms with Gasteiger partial charge in [-0.25, -0.2) is 13.6 Å². The Morgan fingerprint density at radius 1 is 1.43 bits per heavy atom. The van der Waals surface area contributed by atoms with Crippen LogP contribution in [0.3, 0.4) is 0 Å². The Hall–Kier alpha value is -2.68. The lowest BCUT2D eigenvalue weighted by atomic mass is 9.62. The first-order valence-corrected chi connectivity index (χ1v) is 10.0. The molecule has 2 saturated carbocycles. The molecule has 1 saturated heterocycles. The summed E-state index contributed by atoms with van der Waals surface area (Å²) in [5.74, 6) is -1.35. The van der Waals surface area contributed by atoms with E-state index in [0.717, 1.165) is 18.7 Å². The molecule has 3 aliphatic rings. The van der Waals surface area contributed by atoms with Gasteiger partial charge in [0, 0.05) is 31.2 Å². The number of aromatic carboxylic acids is 1. The summed E-state index contributed by atoms with van der Waals surface area (Å²) in [6.45, 7) is 3.13. The average molecular weight is 419 g/mol. The number of ether oxygens (including phenoxy) is 1. The smallest absolute Gasteiger partial charge is 0.341 e. The zero-order valence-corrected chi connectivity index (χ0v) is 16.7. The number of carbonyl (C=O) groups is 1. The van der Waals surface area contributed by atoms with Crippen LogP contribution in [0.1, 0.15) is 36.2 Å². The van der Waals surface area contributed by atoms with Crippen molar-refractivity contribution in [3.8, 4) is 5.75 Å². The van der Waals surface area contributed by atoms with Crippen molar-refractivity contribution in [2.24, 2.45) is 17.6 Å². The van der Waals surface area contributed by atoms with Crippen LogP contribution in [0.25, 0.3) is 10.9 Å². The number of nitrogens with zero attached hydrogens (tertiary/aromatic N) is 2. The van der Waals surface area contributed by atoms with Crippen molar-refractivity contribution in [2.75, 3.05) is 25.1 Å². The molecule has 0 spiro atoms. The predicted octanol–water partition coefficient (Wildman–Crippen LogP) is 2.30. The topological polar surface area (TPSA) is 97.8 Å². The van der Waals surface area contributed by atoms with Crippen molar-refractivity contribution in [1.29, 1.82) is 0 Å². The van der Waals surface area contributed by atoms with Crippen molar-refractivity contribution in [3.63, 3.8) is 0 Å². The Bertz CT molecular complexity index is 1150. The summed E-state index contributed by atoms with van der Waals surface area (Å²) in [7, 11) is 1.36. The van der Waals surface area contributed by atoms with Crippen LogP contribution in [-0.4, -0.2) is 47.6 Å². The van der Waals surface area contributed by atoms with Gasteiger partial charge in [-0.2, -0.15) is 0 Å². The summed E-state index contributed by atoms with van der Waals surface area (Å²) in [5.41, 5.74) is 5.15. The number of aromatic nitrogens is 1. The lowest BCUT2D eigenvalue weighted by Gasteiger charge is -2.46. The van der Waals surface area contributed by atoms with Gasteiger partial charge in [0.05, 0.1) is 24.1 Å². The molecule has 30 heavy (non-hydrogen) atoms. The molecule has 1 aromatic carbocycles. The molecule has 9 heteroatoms. The highest BCUT2D eigenvalue weighted by atomic mass is 19.1. The molecule has 5 rings (SSSR count). The minimum Gasteiger partial charge on any atom is -0.492 e. The van der Waals surface area contributed by atoms with Gasteiger partial charge >= 0.3 is 5.97 Å². The molecular formula is C21H23F2N3O4. The highest BCUT2D eigenvalue weighted by molar-refractivity contribution is 5.97. The Morgan fingerprint density at radius 3 is 2.67 bits per heavy atom. The van der Waals surface area contributed by atoms with Crippen molar-refractivity contribution >= 4 is 22.6 Å². The van der Waals surface area contributed by atoms with E-state index in [2.05, 4.69) is 6.92 Å². The monoisotopic (exact) mass is 419 g/mol. The maximum atomic E-state index is 15.3. The van der Waals surface area contributed by atoms with Crippen molar-refractivity contribution in [3.05, 3.63) is 33.9 Å². The third kappa shape index (κ3) is 2.50. The van der Waals surface area contributed by atoms with Crippen LogP contribution in [0.15, 0.2) is 17.1 Å². The number of anilines is 1. The van der Waals surface area contributed by atoms with Gasteiger partial charge in [0.2, 0.25) is 5.43 Å². The Labute approximate surface area is 171 Å². The van der Waals surface area contributed by atoms with Crippen LogP contribution < -0.4 is 20.8 Å². The summed E-state index contributed by atoms with van der Waals surface area (Å²) in [6.07, 6.45) is 1.03. The SMILES string of the molecule is COc1c(N2C[C@@H]3[C@H](C)C[C@]3(N)C2)c(F)cc2c(=O)c(C(=O)O)cn([C@@H]3C[C@@H]3F)c12.